The van der Waals surface area contributed by atoms with Crippen LogP contribution in [-0.2, 0) is 0 Å². The zero-order valence-corrected chi connectivity index (χ0v) is 10.1. The number of benzene rings is 1. The van der Waals surface area contributed by atoms with Gasteiger partial charge in [-0.05, 0) is 18.9 Å². The van der Waals surface area contributed by atoms with Crippen molar-refractivity contribution >= 4 is 5.84 Å². The predicted octanol–water partition coefficient (Wildman–Crippen LogP) is 1.82. The Morgan fingerprint density at radius 3 is 3.12 bits per heavy atom. The van der Waals surface area contributed by atoms with Crippen LogP contribution in [0.2, 0.25) is 0 Å². The molecule has 4 heteroatoms. The lowest BCUT2D eigenvalue weighted by Crippen LogP contribution is -2.37. The number of ether oxygens (including phenoxy) is 1. The smallest absolute Gasteiger partial charge is 0.123 e. The molecule has 1 atom stereocenters. The van der Waals surface area contributed by atoms with Gasteiger partial charge >= 0.3 is 0 Å². The molecule has 2 rings (SSSR count). The molecule has 1 aromatic carbocycles. The molecule has 3 N–H and O–H groups in total. The molecule has 0 aromatic heterocycles. The van der Waals surface area contributed by atoms with E-state index in [1.807, 2.05) is 18.2 Å². The molecule has 92 valence electrons. The Balaban J connectivity index is 2.27. The second kappa shape index (κ2) is 5.68. The van der Waals surface area contributed by atoms with Crippen LogP contribution in [-0.4, -0.2) is 19.0 Å². The standard InChI is InChI=1S/C13H19N3O/c1-2-8-15-13(16-14)11-7-9-17-12-6-4-3-5-10(11)12/h3-6,11H,2,7-9,14H2,1H3,(H,15,16). The number of para-hydroxylation sites is 1. The number of hydrogen-bond acceptors (Lipinski definition) is 3. The minimum Gasteiger partial charge on any atom is -0.493 e. The van der Waals surface area contributed by atoms with Crippen molar-refractivity contribution in [3.05, 3.63) is 29.8 Å². The van der Waals surface area contributed by atoms with Gasteiger partial charge in [0.1, 0.15) is 11.6 Å². The topological polar surface area (TPSA) is 59.6 Å². The molecule has 0 saturated carbocycles. The molecule has 0 amide bonds. The van der Waals surface area contributed by atoms with Gasteiger partial charge in [-0.25, -0.2) is 5.84 Å². The summed E-state index contributed by atoms with van der Waals surface area (Å²) < 4.78 is 5.63. The van der Waals surface area contributed by atoms with Crippen molar-refractivity contribution in [2.45, 2.75) is 25.7 Å². The summed E-state index contributed by atoms with van der Waals surface area (Å²) in [7, 11) is 0. The fraction of sp³-hybridized carbons (Fsp3) is 0.462. The minimum atomic E-state index is 0.233. The van der Waals surface area contributed by atoms with Gasteiger partial charge in [-0.3, -0.25) is 4.99 Å². The number of aliphatic imine (C=N–C) groups is 1. The Labute approximate surface area is 102 Å². The number of fused-ring (bicyclic) bond motifs is 1. The predicted molar refractivity (Wildman–Crippen MR) is 69.2 cm³/mol. The third-order valence-corrected chi connectivity index (χ3v) is 2.94. The van der Waals surface area contributed by atoms with Crippen molar-refractivity contribution in [1.82, 2.24) is 5.43 Å². The maximum absolute atomic E-state index is 5.63. The summed E-state index contributed by atoms with van der Waals surface area (Å²) in [5.74, 6) is 7.62. The second-order valence-electron chi connectivity index (χ2n) is 4.14. The molecule has 1 aliphatic rings. The van der Waals surface area contributed by atoms with Crippen LogP contribution in [0.3, 0.4) is 0 Å². The Morgan fingerprint density at radius 2 is 2.35 bits per heavy atom. The lowest BCUT2D eigenvalue weighted by Gasteiger charge is -2.26. The van der Waals surface area contributed by atoms with E-state index in [1.165, 1.54) is 5.56 Å². The molecule has 1 aliphatic heterocycles. The fourth-order valence-corrected chi connectivity index (χ4v) is 2.11. The van der Waals surface area contributed by atoms with E-state index in [2.05, 4.69) is 23.4 Å². The van der Waals surface area contributed by atoms with E-state index in [-0.39, 0.29) is 5.92 Å². The van der Waals surface area contributed by atoms with Crippen molar-refractivity contribution in [2.24, 2.45) is 10.8 Å². The average molecular weight is 233 g/mol. The highest BCUT2D eigenvalue weighted by Crippen LogP contribution is 2.33. The van der Waals surface area contributed by atoms with E-state index < -0.39 is 0 Å². The van der Waals surface area contributed by atoms with Crippen LogP contribution in [0.25, 0.3) is 0 Å². The number of hydrazine groups is 1. The number of nitrogens with zero attached hydrogens (tertiary/aromatic N) is 1. The molecule has 0 saturated heterocycles. The summed E-state index contributed by atoms with van der Waals surface area (Å²) in [4.78, 5) is 4.51. The van der Waals surface area contributed by atoms with E-state index in [1.54, 1.807) is 0 Å². The summed E-state index contributed by atoms with van der Waals surface area (Å²) in [5.41, 5.74) is 3.91. The Morgan fingerprint density at radius 1 is 1.53 bits per heavy atom. The second-order valence-corrected chi connectivity index (χ2v) is 4.14. The van der Waals surface area contributed by atoms with Gasteiger partial charge in [0, 0.05) is 18.0 Å². The van der Waals surface area contributed by atoms with Crippen LogP contribution in [0, 0.1) is 0 Å². The third-order valence-electron chi connectivity index (χ3n) is 2.94. The van der Waals surface area contributed by atoms with Gasteiger partial charge in [-0.1, -0.05) is 25.1 Å². The number of rotatable bonds is 3. The first-order valence-electron chi connectivity index (χ1n) is 6.09. The lowest BCUT2D eigenvalue weighted by atomic mass is 9.92. The molecule has 1 aromatic rings. The van der Waals surface area contributed by atoms with Gasteiger partial charge < -0.3 is 10.2 Å². The van der Waals surface area contributed by atoms with Gasteiger partial charge in [-0.15, -0.1) is 0 Å². The summed E-state index contributed by atoms with van der Waals surface area (Å²) in [6.45, 7) is 3.63. The molecule has 0 fully saturated rings. The van der Waals surface area contributed by atoms with E-state index in [0.717, 1.165) is 31.0 Å². The number of amidine groups is 1. The molecule has 4 nitrogen and oxygen atoms in total. The van der Waals surface area contributed by atoms with Crippen molar-refractivity contribution in [3.63, 3.8) is 0 Å². The van der Waals surface area contributed by atoms with E-state index in [0.29, 0.717) is 6.61 Å². The van der Waals surface area contributed by atoms with Crippen LogP contribution >= 0.6 is 0 Å². The molecular weight excluding hydrogens is 214 g/mol. The van der Waals surface area contributed by atoms with Crippen LogP contribution in [0.5, 0.6) is 5.75 Å². The molecular formula is C13H19N3O. The van der Waals surface area contributed by atoms with E-state index in [9.17, 15) is 0 Å². The quantitative estimate of drug-likeness (QED) is 0.362. The van der Waals surface area contributed by atoms with Crippen LogP contribution in [0.15, 0.2) is 29.3 Å². The van der Waals surface area contributed by atoms with E-state index in [4.69, 9.17) is 10.6 Å². The first kappa shape index (κ1) is 11.9. The number of nitrogens with one attached hydrogen (secondary N) is 1. The zero-order valence-electron chi connectivity index (χ0n) is 10.1. The van der Waals surface area contributed by atoms with Crippen LogP contribution in [0.4, 0.5) is 0 Å². The van der Waals surface area contributed by atoms with Gasteiger partial charge in [0.2, 0.25) is 0 Å². The van der Waals surface area contributed by atoms with Crippen molar-refractivity contribution < 1.29 is 4.74 Å². The molecule has 0 radical (unpaired) electrons. The van der Waals surface area contributed by atoms with Gasteiger partial charge in [-0.2, -0.15) is 0 Å². The summed E-state index contributed by atoms with van der Waals surface area (Å²) in [6.07, 6.45) is 1.94. The average Bonchev–Trinajstić information content (AvgIpc) is 2.40. The maximum atomic E-state index is 5.63. The van der Waals surface area contributed by atoms with Crippen molar-refractivity contribution in [1.29, 1.82) is 0 Å². The highest BCUT2D eigenvalue weighted by atomic mass is 16.5. The minimum absolute atomic E-state index is 0.233. The molecule has 0 aliphatic carbocycles. The number of nitrogens with two attached hydrogens (primary N) is 1. The molecule has 17 heavy (non-hydrogen) atoms. The Kier molecular flexibility index (Phi) is 3.98. The Hall–Kier alpha value is -1.55. The molecule has 1 heterocycles. The van der Waals surface area contributed by atoms with Crippen LogP contribution < -0.4 is 16.0 Å². The summed E-state index contributed by atoms with van der Waals surface area (Å²) in [6, 6.07) is 8.09. The summed E-state index contributed by atoms with van der Waals surface area (Å²) in [5, 5.41) is 0. The SMILES string of the molecule is CCCN=C(NN)C1CCOc2ccccc21. The maximum Gasteiger partial charge on any atom is 0.123 e. The van der Waals surface area contributed by atoms with Gasteiger partial charge in [0.15, 0.2) is 0 Å². The van der Waals surface area contributed by atoms with Gasteiger partial charge in [0.25, 0.3) is 0 Å². The van der Waals surface area contributed by atoms with Crippen molar-refractivity contribution in [2.75, 3.05) is 13.2 Å². The highest BCUT2D eigenvalue weighted by Gasteiger charge is 2.25. The van der Waals surface area contributed by atoms with E-state index >= 15 is 0 Å². The normalized spacial score (nSPS) is 19.4. The Bertz CT molecular complexity index is 403. The molecule has 0 spiro atoms. The lowest BCUT2D eigenvalue weighted by molar-refractivity contribution is 0.281. The first-order chi connectivity index (χ1) is 8.36. The zero-order chi connectivity index (χ0) is 12.1. The fourth-order valence-electron chi connectivity index (χ4n) is 2.11. The third kappa shape index (κ3) is 2.58. The highest BCUT2D eigenvalue weighted by molar-refractivity contribution is 5.89. The van der Waals surface area contributed by atoms with Crippen LogP contribution in [0.1, 0.15) is 31.2 Å². The molecule has 1 unspecified atom stereocenters. The molecule has 0 bridgehead atoms. The van der Waals surface area contributed by atoms with Gasteiger partial charge in [0.05, 0.1) is 6.61 Å². The number of hydrogen-bond donors (Lipinski definition) is 2. The largest absolute Gasteiger partial charge is 0.493 e. The monoisotopic (exact) mass is 233 g/mol. The first-order valence-corrected chi connectivity index (χ1v) is 6.09. The summed E-state index contributed by atoms with van der Waals surface area (Å²) >= 11 is 0. The van der Waals surface area contributed by atoms with Crippen molar-refractivity contribution in [3.8, 4) is 5.75 Å².